The number of rotatable bonds is 6. The first-order valence-corrected chi connectivity index (χ1v) is 9.21. The van der Waals surface area contributed by atoms with Gasteiger partial charge in [-0.25, -0.2) is 0 Å². The number of nitrogens with zero attached hydrogens (tertiary/aromatic N) is 1. The molecule has 0 spiro atoms. The highest BCUT2D eigenvalue weighted by atomic mass is 35.5. The van der Waals surface area contributed by atoms with Crippen molar-refractivity contribution in [1.29, 1.82) is 0 Å². The Labute approximate surface area is 167 Å². The van der Waals surface area contributed by atoms with Gasteiger partial charge < -0.3 is 24.4 Å². The number of hydrogen-bond acceptors (Lipinski definition) is 5. The molecule has 1 fully saturated rings. The molecule has 27 heavy (non-hydrogen) atoms. The highest BCUT2D eigenvalue weighted by Crippen LogP contribution is 2.31. The first-order valence-electron chi connectivity index (χ1n) is 8.45. The second kappa shape index (κ2) is 9.17. The third-order valence-corrected chi connectivity index (χ3v) is 4.61. The molecule has 1 aliphatic heterocycles. The summed E-state index contributed by atoms with van der Waals surface area (Å²) in [6, 6.07) is 10.4. The fraction of sp³-hybridized carbons (Fsp3) is 0.316. The average molecular weight is 411 g/mol. The Bertz CT molecular complexity index is 810. The van der Waals surface area contributed by atoms with Crippen molar-refractivity contribution < 1.29 is 19.0 Å². The lowest BCUT2D eigenvalue weighted by atomic mass is 10.2. The first-order chi connectivity index (χ1) is 13.1. The summed E-state index contributed by atoms with van der Waals surface area (Å²) >= 11 is 11.9. The summed E-state index contributed by atoms with van der Waals surface area (Å²) < 4.78 is 16.2. The van der Waals surface area contributed by atoms with Crippen molar-refractivity contribution in [3.05, 3.63) is 46.4 Å². The van der Waals surface area contributed by atoms with E-state index in [2.05, 4.69) is 10.2 Å². The molecule has 1 heterocycles. The van der Waals surface area contributed by atoms with E-state index >= 15 is 0 Å². The minimum atomic E-state index is -0.302. The molecule has 1 aliphatic rings. The lowest BCUT2D eigenvalue weighted by molar-refractivity contribution is -0.118. The minimum absolute atomic E-state index is 0.179. The van der Waals surface area contributed by atoms with Gasteiger partial charge in [0.25, 0.3) is 5.91 Å². The van der Waals surface area contributed by atoms with Crippen LogP contribution in [-0.2, 0) is 9.53 Å². The minimum Gasteiger partial charge on any atom is -0.497 e. The van der Waals surface area contributed by atoms with Gasteiger partial charge in [-0.2, -0.15) is 0 Å². The van der Waals surface area contributed by atoms with Crippen LogP contribution in [0.4, 0.5) is 11.4 Å². The number of methoxy groups -OCH3 is 1. The van der Waals surface area contributed by atoms with Crippen molar-refractivity contribution in [1.82, 2.24) is 0 Å². The topological polar surface area (TPSA) is 60.0 Å². The fourth-order valence-corrected chi connectivity index (χ4v) is 3.21. The monoisotopic (exact) mass is 410 g/mol. The molecule has 1 amide bonds. The molecule has 6 nitrogen and oxygen atoms in total. The van der Waals surface area contributed by atoms with Gasteiger partial charge >= 0.3 is 0 Å². The van der Waals surface area contributed by atoms with Crippen molar-refractivity contribution in [3.63, 3.8) is 0 Å². The number of nitrogens with one attached hydrogen (secondary N) is 1. The third-order valence-electron chi connectivity index (χ3n) is 4.08. The fourth-order valence-electron chi connectivity index (χ4n) is 2.74. The zero-order valence-electron chi connectivity index (χ0n) is 14.8. The van der Waals surface area contributed by atoms with Crippen molar-refractivity contribution in [3.8, 4) is 11.5 Å². The Kier molecular flexibility index (Phi) is 6.66. The van der Waals surface area contributed by atoms with Crippen LogP contribution in [0.3, 0.4) is 0 Å². The number of hydrogen-bond donors (Lipinski definition) is 1. The summed E-state index contributed by atoms with van der Waals surface area (Å²) in [6.07, 6.45) is 0. The predicted octanol–water partition coefficient (Wildman–Crippen LogP) is 3.86. The summed E-state index contributed by atoms with van der Waals surface area (Å²) in [5.41, 5.74) is 1.57. The van der Waals surface area contributed by atoms with E-state index in [9.17, 15) is 4.79 Å². The molecule has 1 N–H and O–H groups in total. The zero-order chi connectivity index (χ0) is 19.2. The van der Waals surface area contributed by atoms with Gasteiger partial charge in [0.2, 0.25) is 0 Å². The van der Waals surface area contributed by atoms with Gasteiger partial charge in [-0.1, -0.05) is 23.2 Å². The van der Waals surface area contributed by atoms with Gasteiger partial charge in [-0.05, 0) is 30.3 Å². The molecular formula is C19H20Cl2N2O4. The average Bonchev–Trinajstić information content (AvgIpc) is 2.68. The van der Waals surface area contributed by atoms with E-state index in [-0.39, 0.29) is 12.5 Å². The summed E-state index contributed by atoms with van der Waals surface area (Å²) in [5.74, 6) is 0.753. The molecule has 3 rings (SSSR count). The lowest BCUT2D eigenvalue weighted by Gasteiger charge is -2.30. The molecule has 0 aliphatic carbocycles. The number of carbonyl (C=O) groups excluding carboxylic acids is 1. The normalized spacial score (nSPS) is 14.0. The maximum atomic E-state index is 12.4. The van der Waals surface area contributed by atoms with Gasteiger partial charge in [0.15, 0.2) is 6.61 Å². The van der Waals surface area contributed by atoms with Gasteiger partial charge in [0, 0.05) is 24.2 Å². The number of anilines is 2. The number of morpholine rings is 1. The molecule has 0 atom stereocenters. The largest absolute Gasteiger partial charge is 0.497 e. The van der Waals surface area contributed by atoms with E-state index in [4.69, 9.17) is 37.4 Å². The highest BCUT2D eigenvalue weighted by Gasteiger charge is 2.17. The number of ether oxygens (including phenoxy) is 3. The number of halogens is 2. The first kappa shape index (κ1) is 19.6. The molecule has 2 aromatic rings. The van der Waals surface area contributed by atoms with Crippen LogP contribution in [0.5, 0.6) is 11.5 Å². The standard InChI is InChI=1S/C19H20Cl2N2O4/c1-25-14-3-4-17(23-6-8-26-9-7-23)16(11-14)22-19(24)12-27-18-5-2-13(20)10-15(18)21/h2-5,10-11H,6-9,12H2,1H3,(H,22,24). The van der Waals surface area contributed by atoms with E-state index in [1.807, 2.05) is 12.1 Å². The Morgan fingerprint density at radius 2 is 1.96 bits per heavy atom. The van der Waals surface area contributed by atoms with Crippen LogP contribution >= 0.6 is 23.2 Å². The van der Waals surface area contributed by atoms with Crippen LogP contribution in [0.1, 0.15) is 0 Å². The predicted molar refractivity (Wildman–Crippen MR) is 107 cm³/mol. The van der Waals surface area contributed by atoms with Crippen molar-refractivity contribution in [2.45, 2.75) is 0 Å². The van der Waals surface area contributed by atoms with Crippen LogP contribution < -0.4 is 19.7 Å². The maximum absolute atomic E-state index is 12.4. The molecule has 0 aromatic heterocycles. The van der Waals surface area contributed by atoms with E-state index in [0.717, 1.165) is 18.8 Å². The van der Waals surface area contributed by atoms with Crippen LogP contribution in [0.2, 0.25) is 10.0 Å². The highest BCUT2D eigenvalue weighted by molar-refractivity contribution is 6.35. The van der Waals surface area contributed by atoms with Crippen LogP contribution in [0, 0.1) is 0 Å². The summed E-state index contributed by atoms with van der Waals surface area (Å²) in [6.45, 7) is 2.63. The number of carbonyl (C=O) groups is 1. The Morgan fingerprint density at radius 3 is 2.67 bits per heavy atom. The lowest BCUT2D eigenvalue weighted by Crippen LogP contribution is -2.37. The van der Waals surface area contributed by atoms with Gasteiger partial charge in [0.05, 0.1) is 36.7 Å². The smallest absolute Gasteiger partial charge is 0.262 e. The maximum Gasteiger partial charge on any atom is 0.262 e. The summed E-state index contributed by atoms with van der Waals surface area (Å²) in [5, 5.41) is 3.74. The third kappa shape index (κ3) is 5.19. The molecule has 0 saturated carbocycles. The SMILES string of the molecule is COc1ccc(N2CCOCC2)c(NC(=O)COc2ccc(Cl)cc2Cl)c1. The Balaban J connectivity index is 1.70. The quantitative estimate of drug-likeness (QED) is 0.783. The molecule has 8 heteroatoms. The Hall–Kier alpha value is -2.15. The summed E-state index contributed by atoms with van der Waals surface area (Å²) in [7, 11) is 1.58. The van der Waals surface area contributed by atoms with E-state index in [1.165, 1.54) is 0 Å². The summed E-state index contributed by atoms with van der Waals surface area (Å²) in [4.78, 5) is 14.6. The zero-order valence-corrected chi connectivity index (χ0v) is 16.3. The molecular weight excluding hydrogens is 391 g/mol. The van der Waals surface area contributed by atoms with E-state index in [1.54, 1.807) is 31.4 Å². The number of amides is 1. The number of benzene rings is 2. The van der Waals surface area contributed by atoms with Crippen LogP contribution in [0.25, 0.3) is 0 Å². The molecule has 1 saturated heterocycles. The second-order valence-electron chi connectivity index (χ2n) is 5.89. The van der Waals surface area contributed by atoms with Crippen molar-refractivity contribution in [2.24, 2.45) is 0 Å². The molecule has 0 radical (unpaired) electrons. The molecule has 144 valence electrons. The molecule has 2 aromatic carbocycles. The van der Waals surface area contributed by atoms with Crippen molar-refractivity contribution >= 4 is 40.5 Å². The van der Waals surface area contributed by atoms with Gasteiger partial charge in [-0.3, -0.25) is 4.79 Å². The molecule has 0 bridgehead atoms. The van der Waals surface area contributed by atoms with E-state index in [0.29, 0.717) is 40.4 Å². The van der Waals surface area contributed by atoms with E-state index < -0.39 is 0 Å². The van der Waals surface area contributed by atoms with Crippen LogP contribution in [0.15, 0.2) is 36.4 Å². The van der Waals surface area contributed by atoms with Crippen molar-refractivity contribution in [2.75, 3.05) is 50.2 Å². The molecule has 0 unspecified atom stereocenters. The Morgan fingerprint density at radius 1 is 1.19 bits per heavy atom. The van der Waals surface area contributed by atoms with Crippen LogP contribution in [-0.4, -0.2) is 45.9 Å². The second-order valence-corrected chi connectivity index (χ2v) is 6.74. The van der Waals surface area contributed by atoms with Gasteiger partial charge in [0.1, 0.15) is 11.5 Å². The van der Waals surface area contributed by atoms with Gasteiger partial charge in [-0.15, -0.1) is 0 Å².